The molecule has 12 heteroatoms. The minimum absolute atomic E-state index is 0.546. The van der Waals surface area contributed by atoms with Crippen LogP contribution >= 0.6 is 7.43 Å². The number of hydrogen-bond acceptors (Lipinski definition) is 9. The van der Waals surface area contributed by atoms with Crippen LogP contribution in [0, 0.1) is 10.2 Å². The van der Waals surface area contributed by atoms with Crippen LogP contribution in [-0.2, 0) is 4.08 Å². The molecule has 0 radical (unpaired) electrons. The van der Waals surface area contributed by atoms with E-state index < -0.39 is 17.7 Å². The maximum absolute atomic E-state index is 11.7. The van der Waals surface area contributed by atoms with Crippen LogP contribution in [0.3, 0.4) is 0 Å². The van der Waals surface area contributed by atoms with E-state index in [1.165, 1.54) is 4.45 Å². The molecule has 1 aromatic carbocycles. The summed E-state index contributed by atoms with van der Waals surface area (Å²) in [4.78, 5) is 0. The number of para-hydroxylation sites is 1. The van der Waals surface area contributed by atoms with E-state index in [-0.39, 0.29) is 0 Å². The molecule has 0 N–H and O–H groups in total. The number of halogens is 1. The van der Waals surface area contributed by atoms with Crippen LogP contribution in [0.1, 0.15) is 0 Å². The molecule has 0 fully saturated rings. The first-order valence-corrected chi connectivity index (χ1v) is 10.2. The van der Waals surface area contributed by atoms with Crippen molar-refractivity contribution in [2.75, 3.05) is 42.3 Å². The molecule has 0 atom stereocenters. The van der Waals surface area contributed by atoms with E-state index in [0.29, 0.717) is 11.0 Å². The van der Waals surface area contributed by atoms with Crippen molar-refractivity contribution in [2.24, 2.45) is 0 Å². The minimum atomic E-state index is -4.76. The summed E-state index contributed by atoms with van der Waals surface area (Å²) in [5.74, 6) is 0. The van der Waals surface area contributed by atoms with Crippen molar-refractivity contribution in [3.63, 3.8) is 0 Å². The summed E-state index contributed by atoms with van der Waals surface area (Å²) in [6, 6.07) is 7.05. The number of aromatic nitrogens is 3. The molecule has 0 aliphatic carbocycles. The van der Waals surface area contributed by atoms with Crippen molar-refractivity contribution in [1.82, 2.24) is 28.8 Å². The van der Waals surface area contributed by atoms with Gasteiger partial charge in [-0.3, -0.25) is 0 Å². The van der Waals surface area contributed by atoms with E-state index in [9.17, 15) is 14.0 Å². The first kappa shape index (κ1) is 19.4. The third kappa shape index (κ3) is 2.51. The Labute approximate surface area is 142 Å². The number of rotatable bonds is 6. The third-order valence-corrected chi connectivity index (χ3v) is 10.8. The molecule has 136 valence electrons. The Kier molecular flexibility index (Phi) is 4.92. The van der Waals surface area contributed by atoms with E-state index >= 15 is 0 Å². The van der Waals surface area contributed by atoms with Crippen molar-refractivity contribution in [2.45, 2.75) is 0 Å². The molecule has 0 unspecified atom stereocenters. The monoisotopic (exact) mass is 380 g/mol. The van der Waals surface area contributed by atoms with Crippen LogP contribution in [0.5, 0.6) is 0 Å². The summed E-state index contributed by atoms with van der Waals surface area (Å²) in [6.07, 6.45) is 0. The molecular weight excluding hydrogens is 359 g/mol. The topological polar surface area (TPSA) is 119 Å². The van der Waals surface area contributed by atoms with Crippen LogP contribution in [0.15, 0.2) is 24.3 Å². The number of benzene rings is 1. The molecule has 0 amide bonds. The Morgan fingerprint density at radius 3 is 1.92 bits per heavy atom. The van der Waals surface area contributed by atoms with Crippen LogP contribution < -0.4 is 14.0 Å². The van der Waals surface area contributed by atoms with E-state index in [1.807, 2.05) is 0 Å². The summed E-state index contributed by atoms with van der Waals surface area (Å²) in [5, 5.41) is 8.25. The second kappa shape index (κ2) is 6.10. The van der Waals surface area contributed by atoms with Gasteiger partial charge in [0.2, 0.25) is 0 Å². The summed E-state index contributed by atoms with van der Waals surface area (Å²) < 4.78 is 46.4. The van der Waals surface area contributed by atoms with E-state index in [1.54, 1.807) is 80.6 Å². The molecule has 10 nitrogen and oxygen atoms in total. The van der Waals surface area contributed by atoms with Gasteiger partial charge in [-0.15, -0.1) is 0 Å². The zero-order valence-corrected chi connectivity index (χ0v) is 16.1. The van der Waals surface area contributed by atoms with Crippen LogP contribution in [0.2, 0.25) is 0 Å². The van der Waals surface area contributed by atoms with Gasteiger partial charge in [0.1, 0.15) is 0 Å². The molecule has 0 saturated heterocycles. The molecule has 1 aromatic heterocycles. The van der Waals surface area contributed by atoms with Gasteiger partial charge >= 0.3 is 142 Å². The van der Waals surface area contributed by atoms with Gasteiger partial charge in [0, 0.05) is 0 Å². The molecule has 0 saturated carbocycles. The Hall–Kier alpha value is -0.940. The Morgan fingerprint density at radius 2 is 1.46 bits per heavy atom. The number of hydrogen-bond donors (Lipinski definition) is 0. The first-order valence-electron chi connectivity index (χ1n) is 6.96. The van der Waals surface area contributed by atoms with E-state index in [0.717, 1.165) is 0 Å². The molecule has 1 heterocycles. The van der Waals surface area contributed by atoms with E-state index in [2.05, 4.69) is 10.3 Å². The predicted molar refractivity (Wildman–Crippen MR) is 82.0 cm³/mol. The average molecular weight is 381 g/mol. The summed E-state index contributed by atoms with van der Waals surface area (Å²) in [6.45, 7) is 0. The fourth-order valence-corrected chi connectivity index (χ4v) is 9.88. The van der Waals surface area contributed by atoms with Crippen molar-refractivity contribution in [3.8, 4) is 0 Å². The van der Waals surface area contributed by atoms with Crippen molar-refractivity contribution in [3.05, 3.63) is 24.3 Å². The Balaban J connectivity index is 2.99. The molecule has 0 aliphatic rings. The summed E-state index contributed by atoms with van der Waals surface area (Å²) >= 11 is 0. The normalized spacial score (nSPS) is 15.4. The number of nitrogens with zero attached hydrogens (tertiary/aromatic N) is 6. The Bertz CT molecular complexity index is 707. The fraction of sp³-hybridized carbons (Fsp3) is 0.500. The maximum atomic E-state index is 11.7. The van der Waals surface area contributed by atoms with Crippen molar-refractivity contribution >= 4 is 18.5 Å². The van der Waals surface area contributed by atoms with Gasteiger partial charge < -0.3 is 0 Å². The molecule has 0 aliphatic heterocycles. The van der Waals surface area contributed by atoms with Crippen LogP contribution in [0.4, 0.5) is 0 Å². The zero-order chi connectivity index (χ0) is 18.4. The van der Waals surface area contributed by atoms with E-state index in [4.69, 9.17) is 4.08 Å². The average Bonchev–Trinajstić information content (AvgIpc) is 2.87. The second-order valence-corrected chi connectivity index (χ2v) is 11.6. The SMILES string of the molecule is CN(C)P(O[Cl+3]([O-])([O-])[O-])(N(C)C)(N(C)C)n1nnc2ccccc21. The molecule has 0 bridgehead atoms. The predicted octanol–water partition coefficient (Wildman–Crippen LogP) is -1.99. The van der Waals surface area contributed by atoms with Crippen molar-refractivity contribution < 1.29 is 28.3 Å². The zero-order valence-electron chi connectivity index (χ0n) is 14.5. The van der Waals surface area contributed by atoms with Gasteiger partial charge in [0.05, 0.1) is 0 Å². The molecule has 24 heavy (non-hydrogen) atoms. The van der Waals surface area contributed by atoms with Gasteiger partial charge in [-0.25, -0.2) is 0 Å². The van der Waals surface area contributed by atoms with Gasteiger partial charge in [0.15, 0.2) is 0 Å². The van der Waals surface area contributed by atoms with Gasteiger partial charge in [0.25, 0.3) is 0 Å². The summed E-state index contributed by atoms with van der Waals surface area (Å²) in [7, 11) is 0.661. The van der Waals surface area contributed by atoms with Gasteiger partial charge in [-0.1, -0.05) is 0 Å². The molecule has 2 aromatic rings. The van der Waals surface area contributed by atoms with Gasteiger partial charge in [-0.2, -0.15) is 0 Å². The van der Waals surface area contributed by atoms with Crippen LogP contribution in [-0.4, -0.2) is 71.1 Å². The van der Waals surface area contributed by atoms with Crippen LogP contribution in [0.25, 0.3) is 11.0 Å². The molecule has 0 spiro atoms. The standard InChI is InChI=1S/C12H22ClN6O4P/c1-16(2)24(17(3)4,18(5)6,23-13(20,21)22)19-12-10-8-7-9-11(12)14-15-19/h7-10H,1-6H3. The first-order chi connectivity index (χ1) is 11.0. The fourth-order valence-electron chi connectivity index (χ4n) is 3.06. The quantitative estimate of drug-likeness (QED) is 0.524. The molecular formula is C12H22ClN6O4P. The summed E-state index contributed by atoms with van der Waals surface area (Å²) in [5.41, 5.74) is 1.10. The Morgan fingerprint density at radius 1 is 0.958 bits per heavy atom. The molecule has 2 rings (SSSR count). The number of fused-ring (bicyclic) bond motifs is 1. The second-order valence-electron chi connectivity index (χ2n) is 5.82. The van der Waals surface area contributed by atoms with Crippen molar-refractivity contribution in [1.29, 1.82) is 0 Å². The van der Waals surface area contributed by atoms with Gasteiger partial charge in [-0.05, 0) is 0 Å². The third-order valence-electron chi connectivity index (χ3n) is 3.97.